The van der Waals surface area contributed by atoms with Crippen LogP contribution >= 0.6 is 0 Å². The molecule has 4 aliphatic carbocycles. The van der Waals surface area contributed by atoms with Crippen molar-refractivity contribution in [1.82, 2.24) is 9.80 Å². The lowest BCUT2D eigenvalue weighted by molar-refractivity contribution is -0.155. The Morgan fingerprint density at radius 2 is 1.23 bits per heavy atom. The highest BCUT2D eigenvalue weighted by atomic mass is 16.2. The molecule has 0 saturated heterocycles. The molecule has 4 aliphatic rings. The van der Waals surface area contributed by atoms with Crippen molar-refractivity contribution in [1.29, 1.82) is 10.5 Å². The zero-order chi connectivity index (χ0) is 22.1. The van der Waals surface area contributed by atoms with Crippen LogP contribution in [0.25, 0.3) is 0 Å². The van der Waals surface area contributed by atoms with Gasteiger partial charge in [-0.15, -0.1) is 0 Å². The minimum absolute atomic E-state index is 0.0128. The van der Waals surface area contributed by atoms with Gasteiger partial charge in [0.15, 0.2) is 0 Å². The van der Waals surface area contributed by atoms with Crippen molar-refractivity contribution < 1.29 is 9.59 Å². The second-order valence-electron chi connectivity index (χ2n) is 10.7. The van der Waals surface area contributed by atoms with Crippen LogP contribution in [0.2, 0.25) is 0 Å². The molecule has 2 atom stereocenters. The molecule has 4 rings (SSSR count). The van der Waals surface area contributed by atoms with Crippen molar-refractivity contribution in [3.05, 3.63) is 0 Å². The van der Waals surface area contributed by atoms with Gasteiger partial charge in [0.25, 0.3) is 0 Å². The zero-order valence-electron chi connectivity index (χ0n) is 19.0. The topological polar surface area (TPSA) is 88.2 Å². The van der Waals surface area contributed by atoms with Gasteiger partial charge in [0.2, 0.25) is 11.8 Å². The van der Waals surface area contributed by atoms with E-state index < -0.39 is 0 Å². The summed E-state index contributed by atoms with van der Waals surface area (Å²) in [5.41, 5.74) is 0.0256. The number of hydrogen-bond donors (Lipinski definition) is 0. The van der Waals surface area contributed by atoms with Crippen LogP contribution in [0.15, 0.2) is 0 Å². The Hall–Kier alpha value is -2.08. The number of amides is 2. The van der Waals surface area contributed by atoms with Crippen LogP contribution in [0, 0.1) is 45.3 Å². The third-order valence-corrected chi connectivity index (χ3v) is 8.24. The van der Waals surface area contributed by atoms with E-state index in [1.807, 2.05) is 27.9 Å². The van der Waals surface area contributed by atoms with Crippen molar-refractivity contribution in [2.45, 2.75) is 90.1 Å². The van der Waals surface area contributed by atoms with E-state index in [4.69, 9.17) is 10.5 Å². The van der Waals surface area contributed by atoms with E-state index in [1.54, 1.807) is 9.80 Å². The zero-order valence-corrected chi connectivity index (χ0v) is 19.0. The SMILES string of the molecule is CC(CC#N)N(C)C(=O)CC12CC3CC(C1)CC(CC(=O)N(C)C(C)CC#N)(C3)C2. The first-order valence-electron chi connectivity index (χ1n) is 11.4. The van der Waals surface area contributed by atoms with Gasteiger partial charge in [-0.25, -0.2) is 0 Å². The molecule has 0 radical (unpaired) electrons. The number of nitrogens with zero attached hydrogens (tertiary/aromatic N) is 4. The summed E-state index contributed by atoms with van der Waals surface area (Å²) in [6.45, 7) is 3.86. The number of rotatable bonds is 8. The summed E-state index contributed by atoms with van der Waals surface area (Å²) in [6, 6.07) is 4.19. The number of nitriles is 2. The normalized spacial score (nSPS) is 33.3. The molecule has 164 valence electrons. The molecule has 0 aromatic rings. The van der Waals surface area contributed by atoms with Crippen LogP contribution in [-0.4, -0.2) is 47.8 Å². The van der Waals surface area contributed by atoms with Gasteiger partial charge in [0, 0.05) is 39.0 Å². The van der Waals surface area contributed by atoms with Crippen molar-refractivity contribution in [2.75, 3.05) is 14.1 Å². The Kier molecular flexibility index (Phi) is 6.46. The van der Waals surface area contributed by atoms with Crippen molar-refractivity contribution in [2.24, 2.45) is 22.7 Å². The highest BCUT2D eigenvalue weighted by molar-refractivity contribution is 5.78. The molecule has 0 aromatic carbocycles. The number of carbonyl (C=O) groups is 2. The van der Waals surface area contributed by atoms with Crippen LogP contribution in [0.1, 0.15) is 78.1 Å². The van der Waals surface area contributed by atoms with Crippen LogP contribution in [-0.2, 0) is 9.59 Å². The average molecular weight is 413 g/mol. The van der Waals surface area contributed by atoms with E-state index in [9.17, 15) is 9.59 Å². The second kappa shape index (κ2) is 8.58. The number of carbonyl (C=O) groups excluding carboxylic acids is 2. The third-order valence-electron chi connectivity index (χ3n) is 8.24. The molecule has 0 aromatic heterocycles. The predicted octanol–water partition coefficient (Wildman–Crippen LogP) is 3.87. The molecule has 30 heavy (non-hydrogen) atoms. The van der Waals surface area contributed by atoms with Crippen LogP contribution < -0.4 is 0 Å². The minimum Gasteiger partial charge on any atom is -0.342 e. The summed E-state index contributed by atoms with van der Waals surface area (Å²) in [7, 11) is 3.63. The molecule has 2 amide bonds. The lowest BCUT2D eigenvalue weighted by atomic mass is 9.43. The standard InChI is InChI=1S/C24H36N4O2/c1-17(5-7-25)27(3)21(29)14-23-10-19-9-20(11-23)13-24(12-19,16-23)15-22(30)28(4)18(2)6-8-26/h17-20H,5-6,9-16H2,1-4H3. The smallest absolute Gasteiger partial charge is 0.223 e. The second-order valence-corrected chi connectivity index (χ2v) is 10.7. The lowest BCUT2D eigenvalue weighted by Gasteiger charge is -2.62. The van der Waals surface area contributed by atoms with Gasteiger partial charge in [-0.05, 0) is 75.0 Å². The van der Waals surface area contributed by atoms with E-state index in [1.165, 1.54) is 6.42 Å². The first-order valence-corrected chi connectivity index (χ1v) is 11.4. The van der Waals surface area contributed by atoms with E-state index in [2.05, 4.69) is 12.1 Å². The Balaban J connectivity index is 1.72. The summed E-state index contributed by atoms with van der Waals surface area (Å²) >= 11 is 0. The van der Waals surface area contributed by atoms with E-state index >= 15 is 0 Å². The maximum atomic E-state index is 13.1. The van der Waals surface area contributed by atoms with Gasteiger partial charge in [-0.2, -0.15) is 10.5 Å². The van der Waals surface area contributed by atoms with E-state index in [0.29, 0.717) is 37.5 Å². The molecule has 0 heterocycles. The molecule has 6 heteroatoms. The summed E-state index contributed by atoms with van der Waals surface area (Å²) in [5.74, 6) is 1.52. The Morgan fingerprint density at radius 3 is 1.57 bits per heavy atom. The molecule has 4 bridgehead atoms. The fraction of sp³-hybridized carbons (Fsp3) is 0.833. The molecule has 0 spiro atoms. The first kappa shape index (κ1) is 22.6. The maximum Gasteiger partial charge on any atom is 0.223 e. The minimum atomic E-state index is -0.0674. The predicted molar refractivity (Wildman–Crippen MR) is 114 cm³/mol. The quantitative estimate of drug-likeness (QED) is 0.605. The molecule has 4 fully saturated rings. The Morgan fingerprint density at radius 1 is 0.867 bits per heavy atom. The van der Waals surface area contributed by atoms with Gasteiger partial charge in [-0.1, -0.05) is 0 Å². The fourth-order valence-corrected chi connectivity index (χ4v) is 6.98. The van der Waals surface area contributed by atoms with Crippen molar-refractivity contribution >= 4 is 11.8 Å². The summed E-state index contributed by atoms with van der Waals surface area (Å²) in [6.07, 6.45) is 8.42. The summed E-state index contributed by atoms with van der Waals surface area (Å²) < 4.78 is 0. The van der Waals surface area contributed by atoms with Crippen molar-refractivity contribution in [3.63, 3.8) is 0 Å². The van der Waals surface area contributed by atoms with Gasteiger partial charge in [0.1, 0.15) is 0 Å². The molecule has 6 nitrogen and oxygen atoms in total. The Labute approximate surface area is 181 Å². The van der Waals surface area contributed by atoms with E-state index in [0.717, 1.165) is 32.1 Å². The molecular formula is C24H36N4O2. The first-order chi connectivity index (χ1) is 14.1. The third kappa shape index (κ3) is 4.48. The molecular weight excluding hydrogens is 376 g/mol. The van der Waals surface area contributed by atoms with Crippen molar-refractivity contribution in [3.8, 4) is 12.1 Å². The Bertz CT molecular complexity index is 690. The van der Waals surface area contributed by atoms with Crippen LogP contribution in [0.5, 0.6) is 0 Å². The molecule has 0 aliphatic heterocycles. The average Bonchev–Trinajstić information content (AvgIpc) is 2.65. The molecule has 0 N–H and O–H groups in total. The summed E-state index contributed by atoms with van der Waals surface area (Å²) in [5, 5.41) is 17.9. The van der Waals surface area contributed by atoms with Gasteiger partial charge < -0.3 is 9.80 Å². The lowest BCUT2D eigenvalue weighted by Crippen LogP contribution is -2.55. The van der Waals surface area contributed by atoms with E-state index in [-0.39, 0.29) is 34.7 Å². The monoisotopic (exact) mass is 412 g/mol. The number of hydrogen-bond acceptors (Lipinski definition) is 4. The van der Waals surface area contributed by atoms with Crippen LogP contribution in [0.4, 0.5) is 0 Å². The fourth-order valence-electron chi connectivity index (χ4n) is 6.98. The molecule has 4 saturated carbocycles. The highest BCUT2D eigenvalue weighted by Crippen LogP contribution is 2.67. The largest absolute Gasteiger partial charge is 0.342 e. The maximum absolute atomic E-state index is 13.1. The van der Waals surface area contributed by atoms with Gasteiger partial charge >= 0.3 is 0 Å². The van der Waals surface area contributed by atoms with Gasteiger partial charge in [-0.3, -0.25) is 9.59 Å². The van der Waals surface area contributed by atoms with Crippen LogP contribution in [0.3, 0.4) is 0 Å². The molecule has 2 unspecified atom stereocenters. The summed E-state index contributed by atoms with van der Waals surface area (Å²) in [4.78, 5) is 29.6. The highest BCUT2D eigenvalue weighted by Gasteiger charge is 2.58. The van der Waals surface area contributed by atoms with Gasteiger partial charge in [0.05, 0.1) is 25.0 Å².